The van der Waals surface area contributed by atoms with Gasteiger partial charge in [0.25, 0.3) is 5.56 Å². The normalized spacial score (nSPS) is 10.1. The lowest BCUT2D eigenvalue weighted by atomic mass is 10.3. The Morgan fingerprint density at radius 3 is 2.61 bits per heavy atom. The highest BCUT2D eigenvalue weighted by Crippen LogP contribution is 2.17. The number of anilines is 2. The second kappa shape index (κ2) is 4.79. The molecule has 0 bridgehead atoms. The molecular weight excluding hydrogens is 232 g/mol. The number of nitrogen functional groups attached to an aromatic ring is 1. The average Bonchev–Trinajstić information content (AvgIpc) is 2.40. The minimum absolute atomic E-state index is 0.277. The fourth-order valence-electron chi connectivity index (χ4n) is 1.46. The molecule has 1 aromatic carbocycles. The van der Waals surface area contributed by atoms with Gasteiger partial charge >= 0.3 is 0 Å². The van der Waals surface area contributed by atoms with Crippen molar-refractivity contribution in [1.82, 2.24) is 9.66 Å². The number of nitrogens with two attached hydrogens (primary N) is 1. The van der Waals surface area contributed by atoms with Crippen LogP contribution in [0.15, 0.2) is 35.3 Å². The maximum absolute atomic E-state index is 11.6. The summed E-state index contributed by atoms with van der Waals surface area (Å²) in [6.07, 6.45) is 1.48. The summed E-state index contributed by atoms with van der Waals surface area (Å²) in [4.78, 5) is 15.7. The predicted octanol–water partition coefficient (Wildman–Crippen LogP) is 1.02. The maximum Gasteiger partial charge on any atom is 0.276 e. The summed E-state index contributed by atoms with van der Waals surface area (Å²) in [6, 6.07) is 7.22. The van der Waals surface area contributed by atoms with Gasteiger partial charge in [-0.25, -0.2) is 4.98 Å². The summed E-state index contributed by atoms with van der Waals surface area (Å²) in [5, 5.41) is 2.96. The van der Waals surface area contributed by atoms with Gasteiger partial charge in [-0.05, 0) is 31.2 Å². The molecular formula is C12H14N4O2. The first-order valence-electron chi connectivity index (χ1n) is 5.36. The molecule has 0 atom stereocenters. The number of hydrogen-bond acceptors (Lipinski definition) is 5. The lowest BCUT2D eigenvalue weighted by molar-refractivity contribution is 0.415. The summed E-state index contributed by atoms with van der Waals surface area (Å²) in [7, 11) is 1.60. The quantitative estimate of drug-likeness (QED) is 0.790. The number of ether oxygens (including phenoxy) is 1. The first-order chi connectivity index (χ1) is 8.61. The van der Waals surface area contributed by atoms with Crippen molar-refractivity contribution in [3.8, 4) is 5.75 Å². The van der Waals surface area contributed by atoms with E-state index in [4.69, 9.17) is 10.6 Å². The Labute approximate surface area is 104 Å². The fourth-order valence-corrected chi connectivity index (χ4v) is 1.46. The van der Waals surface area contributed by atoms with Gasteiger partial charge in [-0.1, -0.05) is 0 Å². The second-order valence-corrected chi connectivity index (χ2v) is 3.79. The van der Waals surface area contributed by atoms with E-state index in [1.807, 2.05) is 12.1 Å². The molecule has 94 valence electrons. The van der Waals surface area contributed by atoms with Crippen LogP contribution in [0.2, 0.25) is 0 Å². The summed E-state index contributed by atoms with van der Waals surface area (Å²) >= 11 is 0. The van der Waals surface area contributed by atoms with E-state index in [0.717, 1.165) is 16.1 Å². The van der Waals surface area contributed by atoms with Crippen LogP contribution in [-0.4, -0.2) is 16.8 Å². The smallest absolute Gasteiger partial charge is 0.276 e. The van der Waals surface area contributed by atoms with Crippen molar-refractivity contribution in [3.63, 3.8) is 0 Å². The van der Waals surface area contributed by atoms with Gasteiger partial charge in [0.05, 0.1) is 7.11 Å². The Morgan fingerprint density at radius 1 is 1.33 bits per heavy atom. The molecule has 6 nitrogen and oxygen atoms in total. The van der Waals surface area contributed by atoms with Crippen molar-refractivity contribution in [2.45, 2.75) is 6.92 Å². The average molecular weight is 246 g/mol. The zero-order valence-corrected chi connectivity index (χ0v) is 10.2. The van der Waals surface area contributed by atoms with Gasteiger partial charge in [-0.2, -0.15) is 4.68 Å². The molecule has 0 amide bonds. The molecule has 0 radical (unpaired) electrons. The molecule has 0 aliphatic rings. The number of nitrogens with zero attached hydrogens (tertiary/aromatic N) is 2. The zero-order chi connectivity index (χ0) is 13.1. The largest absolute Gasteiger partial charge is 0.497 e. The van der Waals surface area contributed by atoms with Gasteiger partial charge in [-0.15, -0.1) is 0 Å². The minimum Gasteiger partial charge on any atom is -0.497 e. The Kier molecular flexibility index (Phi) is 3.18. The van der Waals surface area contributed by atoms with Gasteiger partial charge in [-0.3, -0.25) is 4.79 Å². The van der Waals surface area contributed by atoms with Gasteiger partial charge in [0.15, 0.2) is 0 Å². The Morgan fingerprint density at radius 2 is 2.00 bits per heavy atom. The van der Waals surface area contributed by atoms with Crippen LogP contribution in [-0.2, 0) is 0 Å². The number of aryl methyl sites for hydroxylation is 1. The van der Waals surface area contributed by atoms with Gasteiger partial charge in [0.2, 0.25) is 5.95 Å². The number of rotatable bonds is 3. The van der Waals surface area contributed by atoms with Crippen molar-refractivity contribution in [2.75, 3.05) is 18.3 Å². The van der Waals surface area contributed by atoms with E-state index in [1.54, 1.807) is 26.2 Å². The fraction of sp³-hybridized carbons (Fsp3) is 0.167. The Hall–Kier alpha value is -2.50. The molecule has 6 heteroatoms. The molecule has 0 unspecified atom stereocenters. The van der Waals surface area contributed by atoms with Crippen LogP contribution < -0.4 is 21.5 Å². The number of hydrogen-bond donors (Lipinski definition) is 2. The monoisotopic (exact) mass is 246 g/mol. The number of nitrogens with one attached hydrogen (secondary N) is 1. The van der Waals surface area contributed by atoms with Crippen molar-refractivity contribution >= 4 is 11.6 Å². The minimum atomic E-state index is -0.277. The topological polar surface area (TPSA) is 82.2 Å². The SMILES string of the molecule is COc1ccc(Nc2ncc(C)c(=O)n2N)cc1. The number of methoxy groups -OCH3 is 1. The number of aromatic nitrogens is 2. The molecule has 0 saturated heterocycles. The molecule has 3 N–H and O–H groups in total. The van der Waals surface area contributed by atoms with Crippen molar-refractivity contribution in [3.05, 3.63) is 46.4 Å². The molecule has 0 spiro atoms. The molecule has 0 fully saturated rings. The first-order valence-corrected chi connectivity index (χ1v) is 5.36. The Balaban J connectivity index is 2.28. The summed E-state index contributed by atoms with van der Waals surface area (Å²) in [5.74, 6) is 6.68. The van der Waals surface area contributed by atoms with E-state index in [1.165, 1.54) is 6.20 Å². The molecule has 1 aromatic heterocycles. The highest BCUT2D eigenvalue weighted by molar-refractivity contribution is 5.54. The standard InChI is InChI=1S/C12H14N4O2/c1-8-7-14-12(16(13)11(8)17)15-9-3-5-10(18-2)6-4-9/h3-7H,13H2,1-2H3,(H,14,15). The van der Waals surface area contributed by atoms with E-state index >= 15 is 0 Å². The van der Waals surface area contributed by atoms with Crippen LogP contribution in [0.3, 0.4) is 0 Å². The van der Waals surface area contributed by atoms with Gasteiger partial charge in [0, 0.05) is 17.4 Å². The van der Waals surface area contributed by atoms with E-state index in [2.05, 4.69) is 10.3 Å². The van der Waals surface area contributed by atoms with Crippen LogP contribution in [0.4, 0.5) is 11.6 Å². The maximum atomic E-state index is 11.6. The van der Waals surface area contributed by atoms with Gasteiger partial charge in [0.1, 0.15) is 5.75 Å². The molecule has 2 aromatic rings. The first kappa shape index (κ1) is 12.0. The van der Waals surface area contributed by atoms with Crippen LogP contribution in [0.5, 0.6) is 5.75 Å². The van der Waals surface area contributed by atoms with E-state index in [0.29, 0.717) is 5.56 Å². The molecule has 0 aliphatic heterocycles. The van der Waals surface area contributed by atoms with Crippen molar-refractivity contribution < 1.29 is 4.74 Å². The Bertz CT molecular complexity index is 604. The third-order valence-corrected chi connectivity index (χ3v) is 2.51. The van der Waals surface area contributed by atoms with Crippen molar-refractivity contribution in [2.24, 2.45) is 0 Å². The number of benzene rings is 1. The third kappa shape index (κ3) is 2.27. The van der Waals surface area contributed by atoms with E-state index < -0.39 is 0 Å². The zero-order valence-electron chi connectivity index (χ0n) is 10.2. The van der Waals surface area contributed by atoms with Crippen LogP contribution in [0.25, 0.3) is 0 Å². The van der Waals surface area contributed by atoms with Crippen molar-refractivity contribution in [1.29, 1.82) is 0 Å². The van der Waals surface area contributed by atoms with Crippen LogP contribution in [0, 0.1) is 6.92 Å². The predicted molar refractivity (Wildman–Crippen MR) is 69.7 cm³/mol. The lowest BCUT2D eigenvalue weighted by Gasteiger charge is -2.10. The molecule has 1 heterocycles. The molecule has 0 aliphatic carbocycles. The summed E-state index contributed by atoms with van der Waals surface area (Å²) < 4.78 is 6.04. The summed E-state index contributed by atoms with van der Waals surface area (Å²) in [5.41, 5.74) is 0.990. The molecule has 0 saturated carbocycles. The van der Waals surface area contributed by atoms with Crippen LogP contribution in [0.1, 0.15) is 5.56 Å². The summed E-state index contributed by atoms with van der Waals surface area (Å²) in [6.45, 7) is 1.66. The third-order valence-electron chi connectivity index (χ3n) is 2.51. The van der Waals surface area contributed by atoms with E-state index in [-0.39, 0.29) is 11.5 Å². The van der Waals surface area contributed by atoms with E-state index in [9.17, 15) is 4.79 Å². The van der Waals surface area contributed by atoms with Crippen LogP contribution >= 0.6 is 0 Å². The molecule has 18 heavy (non-hydrogen) atoms. The highest BCUT2D eigenvalue weighted by atomic mass is 16.5. The molecule has 2 rings (SSSR count). The van der Waals surface area contributed by atoms with Gasteiger partial charge < -0.3 is 15.9 Å². The lowest BCUT2D eigenvalue weighted by Crippen LogP contribution is -2.31. The second-order valence-electron chi connectivity index (χ2n) is 3.79. The highest BCUT2D eigenvalue weighted by Gasteiger charge is 2.05.